The molecule has 4 heteroatoms. The molecule has 2 atom stereocenters. The molecule has 1 aliphatic rings. The molecule has 1 aliphatic heterocycles. The van der Waals surface area contributed by atoms with E-state index < -0.39 is 0 Å². The Kier molecular flexibility index (Phi) is 3.52. The van der Waals surface area contributed by atoms with Gasteiger partial charge in [-0.2, -0.15) is 0 Å². The predicted molar refractivity (Wildman–Crippen MR) is 67.7 cm³/mol. The van der Waals surface area contributed by atoms with Gasteiger partial charge in [-0.25, -0.2) is 4.39 Å². The summed E-state index contributed by atoms with van der Waals surface area (Å²) in [5.74, 6) is -0.277. The molecular formula is C13H19FN2O. The minimum atomic E-state index is -0.277. The van der Waals surface area contributed by atoms with Gasteiger partial charge in [0.1, 0.15) is 5.82 Å². The quantitative estimate of drug-likeness (QED) is 0.804. The lowest BCUT2D eigenvalue weighted by atomic mass is 9.99. The van der Waals surface area contributed by atoms with Gasteiger partial charge in [-0.1, -0.05) is 0 Å². The highest BCUT2D eigenvalue weighted by Gasteiger charge is 2.25. The normalized spacial score (nSPS) is 25.0. The number of ether oxygens (including phenoxy) is 1. The molecule has 0 aromatic heterocycles. The first kappa shape index (κ1) is 12.2. The number of nitrogens with zero attached hydrogens (tertiary/aromatic N) is 1. The minimum Gasteiger partial charge on any atom is -0.399 e. The molecule has 1 aromatic carbocycles. The number of hydrogen-bond donors (Lipinski definition) is 1. The topological polar surface area (TPSA) is 38.5 Å². The van der Waals surface area contributed by atoms with E-state index in [2.05, 4.69) is 11.8 Å². The molecule has 0 amide bonds. The summed E-state index contributed by atoms with van der Waals surface area (Å²) in [4.78, 5) is 2.19. The Morgan fingerprint density at radius 3 is 2.76 bits per heavy atom. The average molecular weight is 238 g/mol. The first-order chi connectivity index (χ1) is 8.10. The Hall–Kier alpha value is -1.29. The summed E-state index contributed by atoms with van der Waals surface area (Å²) >= 11 is 0. The Balaban J connectivity index is 2.17. The smallest absolute Gasteiger partial charge is 0.127 e. The third-order valence-corrected chi connectivity index (χ3v) is 3.40. The van der Waals surface area contributed by atoms with Crippen LogP contribution in [-0.4, -0.2) is 25.8 Å². The van der Waals surface area contributed by atoms with Gasteiger partial charge in [0.2, 0.25) is 0 Å². The standard InChI is InChI=1S/C13H19FN2O/c1-9-5-13(17-2)3-4-16(9)12-7-10(14)6-11(15)8-12/h6-9,13H,3-5,15H2,1-2H3. The van der Waals surface area contributed by atoms with E-state index in [1.165, 1.54) is 6.07 Å². The van der Waals surface area contributed by atoms with Gasteiger partial charge < -0.3 is 15.4 Å². The largest absolute Gasteiger partial charge is 0.399 e. The van der Waals surface area contributed by atoms with Crippen molar-refractivity contribution < 1.29 is 9.13 Å². The second kappa shape index (κ2) is 4.92. The van der Waals surface area contributed by atoms with Crippen LogP contribution in [0.15, 0.2) is 18.2 Å². The fourth-order valence-electron chi connectivity index (χ4n) is 2.49. The number of methoxy groups -OCH3 is 1. The molecule has 17 heavy (non-hydrogen) atoms. The summed E-state index contributed by atoms with van der Waals surface area (Å²) in [6.45, 7) is 3.01. The van der Waals surface area contributed by atoms with Crippen molar-refractivity contribution in [3.05, 3.63) is 24.0 Å². The van der Waals surface area contributed by atoms with Crippen LogP contribution in [-0.2, 0) is 4.74 Å². The maximum Gasteiger partial charge on any atom is 0.127 e. The van der Waals surface area contributed by atoms with Crippen LogP contribution in [0.2, 0.25) is 0 Å². The Morgan fingerprint density at radius 2 is 2.18 bits per heavy atom. The van der Waals surface area contributed by atoms with Gasteiger partial charge >= 0.3 is 0 Å². The lowest BCUT2D eigenvalue weighted by molar-refractivity contribution is 0.0721. The highest BCUT2D eigenvalue weighted by Crippen LogP contribution is 2.28. The Morgan fingerprint density at radius 1 is 1.41 bits per heavy atom. The number of rotatable bonds is 2. The van der Waals surface area contributed by atoms with E-state index in [4.69, 9.17) is 10.5 Å². The van der Waals surface area contributed by atoms with E-state index in [9.17, 15) is 4.39 Å². The zero-order valence-electron chi connectivity index (χ0n) is 10.3. The molecule has 2 unspecified atom stereocenters. The van der Waals surface area contributed by atoms with Crippen LogP contribution >= 0.6 is 0 Å². The van der Waals surface area contributed by atoms with Crippen LogP contribution in [0.4, 0.5) is 15.8 Å². The zero-order chi connectivity index (χ0) is 12.4. The van der Waals surface area contributed by atoms with E-state index in [0.717, 1.165) is 25.1 Å². The monoisotopic (exact) mass is 238 g/mol. The molecule has 0 spiro atoms. The molecule has 0 bridgehead atoms. The van der Waals surface area contributed by atoms with Crippen molar-refractivity contribution in [1.29, 1.82) is 0 Å². The number of piperidine rings is 1. The predicted octanol–water partition coefficient (Wildman–Crippen LogP) is 2.41. The van der Waals surface area contributed by atoms with Crippen molar-refractivity contribution in [2.45, 2.75) is 31.9 Å². The fourth-order valence-corrected chi connectivity index (χ4v) is 2.49. The maximum absolute atomic E-state index is 13.3. The van der Waals surface area contributed by atoms with Crippen molar-refractivity contribution in [2.75, 3.05) is 24.3 Å². The molecule has 2 N–H and O–H groups in total. The average Bonchev–Trinajstić information content (AvgIpc) is 2.27. The van der Waals surface area contributed by atoms with Crippen molar-refractivity contribution in [3.63, 3.8) is 0 Å². The van der Waals surface area contributed by atoms with Crippen molar-refractivity contribution in [3.8, 4) is 0 Å². The lowest BCUT2D eigenvalue weighted by Crippen LogP contribution is -2.43. The lowest BCUT2D eigenvalue weighted by Gasteiger charge is -2.38. The molecule has 0 saturated carbocycles. The minimum absolute atomic E-state index is 0.277. The van der Waals surface area contributed by atoms with Crippen molar-refractivity contribution in [1.82, 2.24) is 0 Å². The molecule has 2 rings (SSSR count). The molecule has 1 aromatic rings. The number of benzene rings is 1. The molecule has 0 radical (unpaired) electrons. The van der Waals surface area contributed by atoms with Gasteiger partial charge in [-0.15, -0.1) is 0 Å². The SMILES string of the molecule is COC1CCN(c2cc(N)cc(F)c2)C(C)C1. The van der Waals surface area contributed by atoms with Crippen LogP contribution in [0.25, 0.3) is 0 Å². The number of nitrogen functional groups attached to an aromatic ring is 1. The van der Waals surface area contributed by atoms with E-state index >= 15 is 0 Å². The van der Waals surface area contributed by atoms with Gasteiger partial charge in [0.05, 0.1) is 6.10 Å². The van der Waals surface area contributed by atoms with Crippen LogP contribution in [0.5, 0.6) is 0 Å². The van der Waals surface area contributed by atoms with E-state index in [0.29, 0.717) is 17.8 Å². The van der Waals surface area contributed by atoms with Gasteiger partial charge in [0, 0.05) is 31.1 Å². The van der Waals surface area contributed by atoms with E-state index in [-0.39, 0.29) is 5.82 Å². The molecule has 0 aliphatic carbocycles. The van der Waals surface area contributed by atoms with Gasteiger partial charge in [-0.05, 0) is 38.0 Å². The second-order valence-corrected chi connectivity index (χ2v) is 4.67. The van der Waals surface area contributed by atoms with Crippen LogP contribution in [0.1, 0.15) is 19.8 Å². The number of anilines is 2. The summed E-state index contributed by atoms with van der Waals surface area (Å²) in [6, 6.07) is 5.05. The molecule has 94 valence electrons. The van der Waals surface area contributed by atoms with Crippen LogP contribution < -0.4 is 10.6 Å². The molecular weight excluding hydrogens is 219 g/mol. The summed E-state index contributed by atoms with van der Waals surface area (Å²) in [5.41, 5.74) is 7.01. The fraction of sp³-hybridized carbons (Fsp3) is 0.538. The highest BCUT2D eigenvalue weighted by atomic mass is 19.1. The summed E-state index contributed by atoms with van der Waals surface area (Å²) in [5, 5.41) is 0. The highest BCUT2D eigenvalue weighted by molar-refractivity contribution is 5.57. The Bertz CT molecular complexity index is 377. The van der Waals surface area contributed by atoms with Gasteiger partial charge in [0.15, 0.2) is 0 Å². The molecule has 1 heterocycles. The van der Waals surface area contributed by atoms with Crippen LogP contribution in [0.3, 0.4) is 0 Å². The number of hydrogen-bond acceptors (Lipinski definition) is 3. The third-order valence-electron chi connectivity index (χ3n) is 3.40. The van der Waals surface area contributed by atoms with Crippen molar-refractivity contribution >= 4 is 11.4 Å². The zero-order valence-corrected chi connectivity index (χ0v) is 10.3. The first-order valence-electron chi connectivity index (χ1n) is 5.95. The molecule has 1 fully saturated rings. The second-order valence-electron chi connectivity index (χ2n) is 4.67. The van der Waals surface area contributed by atoms with E-state index in [1.807, 2.05) is 6.07 Å². The summed E-state index contributed by atoms with van der Waals surface area (Å²) in [6.07, 6.45) is 2.25. The first-order valence-corrected chi connectivity index (χ1v) is 5.95. The number of halogens is 1. The van der Waals surface area contributed by atoms with Gasteiger partial charge in [-0.3, -0.25) is 0 Å². The Labute approximate surface area is 101 Å². The number of nitrogens with two attached hydrogens (primary N) is 1. The van der Waals surface area contributed by atoms with Gasteiger partial charge in [0.25, 0.3) is 0 Å². The molecule has 1 saturated heterocycles. The summed E-state index contributed by atoms with van der Waals surface area (Å²) in [7, 11) is 1.74. The summed E-state index contributed by atoms with van der Waals surface area (Å²) < 4.78 is 18.7. The van der Waals surface area contributed by atoms with Crippen LogP contribution in [0, 0.1) is 5.82 Å². The van der Waals surface area contributed by atoms with E-state index in [1.54, 1.807) is 13.2 Å². The third kappa shape index (κ3) is 2.69. The molecule has 3 nitrogen and oxygen atoms in total. The van der Waals surface area contributed by atoms with Crippen molar-refractivity contribution in [2.24, 2.45) is 0 Å². The maximum atomic E-state index is 13.3.